The van der Waals surface area contributed by atoms with Gasteiger partial charge in [-0.1, -0.05) is 37.6 Å². The van der Waals surface area contributed by atoms with Crippen molar-refractivity contribution in [2.45, 2.75) is 39.7 Å². The second kappa shape index (κ2) is 7.13. The Morgan fingerprint density at radius 2 is 2.00 bits per heavy atom. The minimum Gasteiger partial charge on any atom is -0.396 e. The van der Waals surface area contributed by atoms with Crippen molar-refractivity contribution in [3.8, 4) is 0 Å². The first-order valence-corrected chi connectivity index (χ1v) is 7.04. The second-order valence-corrected chi connectivity index (χ2v) is 5.46. The summed E-state index contributed by atoms with van der Waals surface area (Å²) in [5.41, 5.74) is 1.17. The molecule has 1 rings (SSSR count). The Bertz CT molecular complexity index is 355. The molecular weight excluding hydrogens is 246 g/mol. The van der Waals surface area contributed by atoms with Crippen LogP contribution in [0.15, 0.2) is 24.3 Å². The van der Waals surface area contributed by atoms with E-state index in [-0.39, 0.29) is 18.1 Å². The largest absolute Gasteiger partial charge is 0.396 e. The fourth-order valence-electron chi connectivity index (χ4n) is 2.04. The molecular formula is C15H24ClNO. The van der Waals surface area contributed by atoms with Crippen LogP contribution in [-0.2, 0) is 0 Å². The molecule has 1 unspecified atom stereocenters. The highest BCUT2D eigenvalue weighted by atomic mass is 35.5. The Labute approximate surface area is 115 Å². The predicted molar refractivity (Wildman–Crippen MR) is 78.0 cm³/mol. The molecule has 2 nitrogen and oxygen atoms in total. The number of halogens is 1. The molecule has 102 valence electrons. The summed E-state index contributed by atoms with van der Waals surface area (Å²) >= 11 is 5.99. The van der Waals surface area contributed by atoms with Crippen LogP contribution >= 0.6 is 11.6 Å². The Morgan fingerprint density at radius 3 is 2.50 bits per heavy atom. The normalized spacial score (nSPS) is 13.6. The smallest absolute Gasteiger partial charge is 0.0499 e. The van der Waals surface area contributed by atoms with E-state index in [0.717, 1.165) is 24.4 Å². The molecule has 1 atom stereocenters. The molecule has 2 N–H and O–H groups in total. The maximum Gasteiger partial charge on any atom is 0.0499 e. The summed E-state index contributed by atoms with van der Waals surface area (Å²) in [7, 11) is 0. The molecule has 0 aliphatic carbocycles. The Hall–Kier alpha value is -0.570. The molecule has 0 amide bonds. The van der Waals surface area contributed by atoms with Crippen LogP contribution in [0.4, 0.5) is 0 Å². The topological polar surface area (TPSA) is 32.3 Å². The molecule has 18 heavy (non-hydrogen) atoms. The van der Waals surface area contributed by atoms with Crippen LogP contribution in [0.5, 0.6) is 0 Å². The lowest BCUT2D eigenvalue weighted by molar-refractivity contribution is 0.110. The van der Waals surface area contributed by atoms with Crippen molar-refractivity contribution in [1.29, 1.82) is 0 Å². The van der Waals surface area contributed by atoms with Crippen molar-refractivity contribution in [1.82, 2.24) is 5.32 Å². The van der Waals surface area contributed by atoms with Gasteiger partial charge in [0.25, 0.3) is 0 Å². The molecule has 0 saturated carbocycles. The van der Waals surface area contributed by atoms with Gasteiger partial charge in [0.1, 0.15) is 0 Å². The molecule has 0 aliphatic rings. The zero-order chi connectivity index (χ0) is 13.6. The highest BCUT2D eigenvalue weighted by Gasteiger charge is 2.25. The van der Waals surface area contributed by atoms with Crippen molar-refractivity contribution in [3.63, 3.8) is 0 Å². The summed E-state index contributed by atoms with van der Waals surface area (Å²) in [4.78, 5) is 0. The summed E-state index contributed by atoms with van der Waals surface area (Å²) in [6.07, 6.45) is 1.96. The monoisotopic (exact) mass is 269 g/mol. The molecule has 0 saturated heterocycles. The van der Waals surface area contributed by atoms with E-state index in [2.05, 4.69) is 32.2 Å². The number of aliphatic hydroxyl groups is 1. The zero-order valence-corrected chi connectivity index (χ0v) is 12.3. The van der Waals surface area contributed by atoms with Crippen LogP contribution in [0.3, 0.4) is 0 Å². The number of nitrogens with one attached hydrogen (secondary N) is 1. The zero-order valence-electron chi connectivity index (χ0n) is 11.5. The third-order valence-corrected chi connectivity index (χ3v) is 4.20. The van der Waals surface area contributed by atoms with Crippen LogP contribution in [0.1, 0.15) is 45.2 Å². The summed E-state index contributed by atoms with van der Waals surface area (Å²) < 4.78 is 0. The van der Waals surface area contributed by atoms with E-state index in [4.69, 9.17) is 11.6 Å². The van der Waals surface area contributed by atoms with Crippen LogP contribution in [-0.4, -0.2) is 18.3 Å². The average Bonchev–Trinajstić information content (AvgIpc) is 2.40. The molecule has 0 spiro atoms. The van der Waals surface area contributed by atoms with Crippen molar-refractivity contribution < 1.29 is 5.11 Å². The average molecular weight is 270 g/mol. The van der Waals surface area contributed by atoms with Gasteiger partial charge in [0, 0.05) is 29.6 Å². The van der Waals surface area contributed by atoms with Gasteiger partial charge in [-0.25, -0.2) is 0 Å². The van der Waals surface area contributed by atoms with Gasteiger partial charge >= 0.3 is 0 Å². The molecule has 0 fully saturated rings. The maximum atomic E-state index is 9.54. The first-order chi connectivity index (χ1) is 8.56. The SMILES string of the molecule is CCC(CC)(CO)CNC(C)c1cccc(Cl)c1. The first kappa shape index (κ1) is 15.5. The van der Waals surface area contributed by atoms with Gasteiger partial charge in [-0.3, -0.25) is 0 Å². The quantitative estimate of drug-likeness (QED) is 0.789. The molecule has 0 bridgehead atoms. The molecule has 3 heteroatoms. The lowest BCUT2D eigenvalue weighted by Gasteiger charge is -2.31. The van der Waals surface area contributed by atoms with Gasteiger partial charge in [0.2, 0.25) is 0 Å². The molecule has 1 aromatic rings. The summed E-state index contributed by atoms with van der Waals surface area (Å²) in [5.74, 6) is 0. The van der Waals surface area contributed by atoms with Crippen LogP contribution in [0.2, 0.25) is 5.02 Å². The molecule has 1 aromatic carbocycles. The summed E-state index contributed by atoms with van der Waals surface area (Å²) in [5, 5.41) is 13.8. The molecule has 0 heterocycles. The van der Waals surface area contributed by atoms with E-state index in [1.165, 1.54) is 5.56 Å². The van der Waals surface area contributed by atoms with E-state index in [9.17, 15) is 5.11 Å². The van der Waals surface area contributed by atoms with Crippen LogP contribution in [0, 0.1) is 5.41 Å². The molecule has 0 radical (unpaired) electrons. The first-order valence-electron chi connectivity index (χ1n) is 6.66. The van der Waals surface area contributed by atoms with Gasteiger partial charge in [0.15, 0.2) is 0 Å². The molecule has 0 aliphatic heterocycles. The summed E-state index contributed by atoms with van der Waals surface area (Å²) in [6.45, 7) is 7.44. The standard InChI is InChI=1S/C15H24ClNO/c1-4-15(5-2,11-18)10-17-12(3)13-7-6-8-14(16)9-13/h6-9,12,17-18H,4-5,10-11H2,1-3H3. The number of hydrogen-bond acceptors (Lipinski definition) is 2. The maximum absolute atomic E-state index is 9.54. The number of aliphatic hydroxyl groups excluding tert-OH is 1. The van der Waals surface area contributed by atoms with E-state index >= 15 is 0 Å². The predicted octanol–water partition coefficient (Wildman–Crippen LogP) is 3.79. The third kappa shape index (κ3) is 3.98. The minimum absolute atomic E-state index is 0.00711. The fraction of sp³-hybridized carbons (Fsp3) is 0.600. The van der Waals surface area contributed by atoms with E-state index < -0.39 is 0 Å². The van der Waals surface area contributed by atoms with Gasteiger partial charge in [-0.05, 0) is 37.5 Å². The Morgan fingerprint density at radius 1 is 1.33 bits per heavy atom. The summed E-state index contributed by atoms with van der Waals surface area (Å²) in [6, 6.07) is 8.15. The van der Waals surface area contributed by atoms with Crippen molar-refractivity contribution in [3.05, 3.63) is 34.9 Å². The van der Waals surface area contributed by atoms with E-state index in [1.807, 2.05) is 18.2 Å². The van der Waals surface area contributed by atoms with Gasteiger partial charge in [-0.15, -0.1) is 0 Å². The van der Waals surface area contributed by atoms with Gasteiger partial charge in [-0.2, -0.15) is 0 Å². The van der Waals surface area contributed by atoms with Gasteiger partial charge < -0.3 is 10.4 Å². The minimum atomic E-state index is -0.00711. The van der Waals surface area contributed by atoms with Crippen LogP contribution in [0.25, 0.3) is 0 Å². The van der Waals surface area contributed by atoms with Crippen LogP contribution < -0.4 is 5.32 Å². The lowest BCUT2D eigenvalue weighted by Crippen LogP contribution is -2.37. The highest BCUT2D eigenvalue weighted by Crippen LogP contribution is 2.26. The number of benzene rings is 1. The van der Waals surface area contributed by atoms with Crippen molar-refractivity contribution in [2.75, 3.05) is 13.2 Å². The van der Waals surface area contributed by atoms with Crippen molar-refractivity contribution >= 4 is 11.6 Å². The fourth-order valence-corrected chi connectivity index (χ4v) is 2.24. The number of rotatable bonds is 7. The Kier molecular flexibility index (Phi) is 6.13. The second-order valence-electron chi connectivity index (χ2n) is 5.02. The van der Waals surface area contributed by atoms with E-state index in [1.54, 1.807) is 0 Å². The van der Waals surface area contributed by atoms with Gasteiger partial charge in [0.05, 0.1) is 0 Å². The third-order valence-electron chi connectivity index (χ3n) is 3.97. The molecule has 0 aromatic heterocycles. The van der Waals surface area contributed by atoms with Crippen molar-refractivity contribution in [2.24, 2.45) is 5.41 Å². The lowest BCUT2D eigenvalue weighted by atomic mass is 9.83. The Balaban J connectivity index is 2.62. The number of hydrogen-bond donors (Lipinski definition) is 2. The highest BCUT2D eigenvalue weighted by molar-refractivity contribution is 6.30. The van der Waals surface area contributed by atoms with E-state index in [0.29, 0.717) is 0 Å².